The number of nitrogens with one attached hydrogen (secondary N) is 1. The highest BCUT2D eigenvalue weighted by molar-refractivity contribution is 6.01. The van der Waals surface area contributed by atoms with Gasteiger partial charge >= 0.3 is 11.7 Å². The normalized spacial score (nSPS) is 11.2. The molecule has 0 aliphatic heterocycles. The van der Waals surface area contributed by atoms with Crippen LogP contribution in [0.3, 0.4) is 0 Å². The van der Waals surface area contributed by atoms with Crippen LogP contribution in [0.25, 0.3) is 6.08 Å². The van der Waals surface area contributed by atoms with Gasteiger partial charge in [0.25, 0.3) is 11.5 Å². The van der Waals surface area contributed by atoms with Crippen LogP contribution in [0.15, 0.2) is 51.6 Å². The van der Waals surface area contributed by atoms with Gasteiger partial charge in [-0.2, -0.15) is 5.26 Å². The summed E-state index contributed by atoms with van der Waals surface area (Å²) in [6.07, 6.45) is 1.40. The molecule has 0 fully saturated rings. The highest BCUT2D eigenvalue weighted by Crippen LogP contribution is 2.20. The number of anilines is 2. The van der Waals surface area contributed by atoms with E-state index in [0.717, 1.165) is 26.4 Å². The molecule has 0 saturated carbocycles. The number of rotatable bonds is 11. The lowest BCUT2D eigenvalue weighted by Crippen LogP contribution is -2.42. The lowest BCUT2D eigenvalue weighted by atomic mass is 10.1. The van der Waals surface area contributed by atoms with Crippen molar-refractivity contribution in [1.29, 1.82) is 5.26 Å². The average molecular weight is 549 g/mol. The van der Waals surface area contributed by atoms with E-state index in [0.29, 0.717) is 18.7 Å². The monoisotopic (exact) mass is 548 g/mol. The van der Waals surface area contributed by atoms with E-state index in [2.05, 4.69) is 4.98 Å². The van der Waals surface area contributed by atoms with Gasteiger partial charge in [-0.25, -0.2) is 9.59 Å². The summed E-state index contributed by atoms with van der Waals surface area (Å²) < 4.78 is 13.4. The summed E-state index contributed by atoms with van der Waals surface area (Å²) in [7, 11) is 1.60. The van der Waals surface area contributed by atoms with Crippen LogP contribution in [-0.2, 0) is 32.2 Å². The van der Waals surface area contributed by atoms with Gasteiger partial charge in [0.2, 0.25) is 0 Å². The summed E-state index contributed by atoms with van der Waals surface area (Å²) in [6.45, 7) is 5.78. The third-order valence-electron chi connectivity index (χ3n) is 6.38. The Morgan fingerprint density at radius 1 is 1.18 bits per heavy atom. The van der Waals surface area contributed by atoms with E-state index in [1.165, 1.54) is 6.08 Å². The van der Waals surface area contributed by atoms with Gasteiger partial charge in [0, 0.05) is 31.6 Å². The number of carbonyl (C=O) groups is 2. The van der Waals surface area contributed by atoms with Crippen LogP contribution in [0.5, 0.6) is 0 Å². The minimum Gasteiger partial charge on any atom is -0.451 e. The zero-order chi connectivity index (χ0) is 29.4. The predicted molar refractivity (Wildman–Crippen MR) is 150 cm³/mol. The number of nitrogens with zero attached hydrogens (tertiary/aromatic N) is 4. The topological polar surface area (TPSA) is 165 Å². The number of benzene rings is 1. The first-order chi connectivity index (χ1) is 19.1. The summed E-state index contributed by atoms with van der Waals surface area (Å²) in [6, 6.07) is 12.6. The Morgan fingerprint density at radius 2 is 1.88 bits per heavy atom. The zero-order valence-electron chi connectivity index (χ0n) is 22.9. The first-order valence-electron chi connectivity index (χ1n) is 12.5. The number of H-pyrrole nitrogens is 1. The van der Waals surface area contributed by atoms with E-state index in [1.54, 1.807) is 38.3 Å². The minimum atomic E-state index is -0.996. The SMILES string of the molecule is CCN(C(=O)COC(=O)/C(C#N)=C/c1cc(C)n(CCOC)c1C)c1c(N)n(Cc2ccccc2)c(=O)[nH]c1=O. The van der Waals surface area contributed by atoms with E-state index in [4.69, 9.17) is 15.2 Å². The van der Waals surface area contributed by atoms with Crippen LogP contribution in [0.4, 0.5) is 11.5 Å². The number of ether oxygens (including phenoxy) is 2. The number of nitrogens with two attached hydrogens (primary N) is 1. The van der Waals surface area contributed by atoms with E-state index in [9.17, 15) is 24.4 Å². The first kappa shape index (κ1) is 29.7. The van der Waals surface area contributed by atoms with Gasteiger partial charge in [0.1, 0.15) is 17.5 Å². The fourth-order valence-corrected chi connectivity index (χ4v) is 4.30. The van der Waals surface area contributed by atoms with Crippen molar-refractivity contribution in [1.82, 2.24) is 14.1 Å². The molecule has 0 atom stereocenters. The fraction of sp³-hybridized carbons (Fsp3) is 0.321. The van der Waals surface area contributed by atoms with Gasteiger partial charge in [-0.1, -0.05) is 30.3 Å². The molecule has 40 heavy (non-hydrogen) atoms. The van der Waals surface area contributed by atoms with Crippen molar-refractivity contribution in [3.05, 3.63) is 85.3 Å². The van der Waals surface area contributed by atoms with Crippen LogP contribution in [0.1, 0.15) is 29.4 Å². The first-order valence-corrected chi connectivity index (χ1v) is 12.5. The molecule has 3 rings (SSSR count). The van der Waals surface area contributed by atoms with Gasteiger partial charge in [-0.15, -0.1) is 0 Å². The van der Waals surface area contributed by atoms with Crippen molar-refractivity contribution in [2.75, 3.05) is 37.5 Å². The van der Waals surface area contributed by atoms with E-state index < -0.39 is 29.7 Å². The highest BCUT2D eigenvalue weighted by Gasteiger charge is 2.25. The van der Waals surface area contributed by atoms with E-state index >= 15 is 0 Å². The number of hydrogen-bond acceptors (Lipinski definition) is 8. The fourth-order valence-electron chi connectivity index (χ4n) is 4.30. The maximum atomic E-state index is 13.0. The lowest BCUT2D eigenvalue weighted by Gasteiger charge is -2.23. The second-order valence-electron chi connectivity index (χ2n) is 8.92. The number of hydrogen-bond donors (Lipinski definition) is 2. The molecule has 210 valence electrons. The van der Waals surface area contributed by atoms with E-state index in [1.807, 2.05) is 36.6 Å². The summed E-state index contributed by atoms with van der Waals surface area (Å²) >= 11 is 0. The molecule has 3 aromatic rings. The number of methoxy groups -OCH3 is 1. The molecule has 0 aliphatic carbocycles. The Hall–Kier alpha value is -4.89. The van der Waals surface area contributed by atoms with Gasteiger partial charge in [0.15, 0.2) is 12.3 Å². The Morgan fingerprint density at radius 3 is 2.50 bits per heavy atom. The van der Waals surface area contributed by atoms with Crippen LogP contribution < -0.4 is 21.9 Å². The number of aromatic nitrogens is 3. The lowest BCUT2D eigenvalue weighted by molar-refractivity contribution is -0.143. The number of carbonyl (C=O) groups excluding carboxylic acids is 2. The van der Waals surface area contributed by atoms with Crippen molar-refractivity contribution in [2.45, 2.75) is 33.9 Å². The molecule has 0 saturated heterocycles. The molecule has 1 amide bonds. The number of nitrogen functional groups attached to an aromatic ring is 1. The quantitative estimate of drug-likeness (QED) is 0.208. The summed E-state index contributed by atoms with van der Waals surface area (Å²) in [5, 5.41) is 9.58. The summed E-state index contributed by atoms with van der Waals surface area (Å²) in [5.74, 6) is -1.96. The van der Waals surface area contributed by atoms with Crippen LogP contribution in [-0.4, -0.2) is 52.9 Å². The minimum absolute atomic E-state index is 0.00160. The van der Waals surface area contributed by atoms with Crippen molar-refractivity contribution in [2.24, 2.45) is 0 Å². The maximum absolute atomic E-state index is 13.0. The molecule has 0 spiro atoms. The Kier molecular flexibility index (Phi) is 9.83. The molecule has 12 heteroatoms. The average Bonchev–Trinajstić information content (AvgIpc) is 3.21. The molecule has 2 aromatic heterocycles. The number of aromatic amines is 1. The van der Waals surface area contributed by atoms with Gasteiger partial charge < -0.3 is 24.7 Å². The summed E-state index contributed by atoms with van der Waals surface area (Å²) in [5.41, 5.74) is 7.26. The molecule has 0 unspecified atom stereocenters. The van der Waals surface area contributed by atoms with Crippen molar-refractivity contribution in [3.63, 3.8) is 0 Å². The Balaban J connectivity index is 1.81. The van der Waals surface area contributed by atoms with Gasteiger partial charge in [-0.05, 0) is 44.0 Å². The van der Waals surface area contributed by atoms with Crippen molar-refractivity contribution >= 4 is 29.5 Å². The van der Waals surface area contributed by atoms with Gasteiger partial charge in [-0.3, -0.25) is 19.1 Å². The largest absolute Gasteiger partial charge is 0.451 e. The third-order valence-corrected chi connectivity index (χ3v) is 6.38. The molecule has 3 N–H and O–H groups in total. The van der Waals surface area contributed by atoms with Crippen molar-refractivity contribution < 1.29 is 19.1 Å². The number of amides is 1. The second-order valence-corrected chi connectivity index (χ2v) is 8.92. The van der Waals surface area contributed by atoms with Crippen molar-refractivity contribution in [3.8, 4) is 6.07 Å². The number of esters is 1. The molecular formula is C28H32N6O6. The van der Waals surface area contributed by atoms with Crippen LogP contribution in [0, 0.1) is 25.2 Å². The maximum Gasteiger partial charge on any atom is 0.349 e. The molecule has 12 nitrogen and oxygen atoms in total. The molecule has 2 heterocycles. The zero-order valence-corrected chi connectivity index (χ0v) is 22.9. The number of nitriles is 1. The van der Waals surface area contributed by atoms with Gasteiger partial charge in [0.05, 0.1) is 13.2 Å². The number of aryl methyl sites for hydroxylation is 1. The van der Waals surface area contributed by atoms with Crippen LogP contribution in [0.2, 0.25) is 0 Å². The standard InChI is InChI=1S/C28H32N6O6/c1-5-32(24-25(30)34(28(38)31-26(24)36)16-20-9-7-6-8-10-20)23(35)17-40-27(37)22(15-29)14-21-13-18(2)33(19(21)3)11-12-39-4/h6-10,13-14H,5,11-12,16-17,30H2,1-4H3,(H,31,36,38)/b22-14+. The predicted octanol–water partition coefficient (Wildman–Crippen LogP) is 1.74. The van der Waals surface area contributed by atoms with E-state index in [-0.39, 0.29) is 30.2 Å². The van der Waals surface area contributed by atoms with Crippen LogP contribution >= 0.6 is 0 Å². The highest BCUT2D eigenvalue weighted by atomic mass is 16.5. The Labute approximate surface area is 230 Å². The molecule has 1 aromatic carbocycles. The molecular weight excluding hydrogens is 516 g/mol. The molecule has 0 bridgehead atoms. The second kappa shape index (κ2) is 13.3. The smallest absolute Gasteiger partial charge is 0.349 e. The Bertz CT molecular complexity index is 1580. The third kappa shape index (κ3) is 6.57. The number of likely N-dealkylation sites (N-methyl/N-ethyl adjacent to an activating group) is 1. The molecule has 0 radical (unpaired) electrons. The molecule has 0 aliphatic rings. The summed E-state index contributed by atoms with van der Waals surface area (Å²) in [4.78, 5) is 54.1.